The minimum atomic E-state index is -1.14. The van der Waals surface area contributed by atoms with Crippen LogP contribution in [-0.4, -0.2) is 65.5 Å². The maximum atomic E-state index is 13.7. The van der Waals surface area contributed by atoms with Gasteiger partial charge in [0.05, 0.1) is 6.04 Å². The monoisotopic (exact) mass is 520 g/mol. The third-order valence-electron chi connectivity index (χ3n) is 8.49. The van der Waals surface area contributed by atoms with Crippen LogP contribution in [0.4, 0.5) is 0 Å². The van der Waals surface area contributed by atoms with Crippen molar-refractivity contribution in [2.45, 2.75) is 69.5 Å². The lowest BCUT2D eigenvalue weighted by Crippen LogP contribution is -2.58. The summed E-state index contributed by atoms with van der Waals surface area (Å²) in [5.74, 6) is -2.83. The van der Waals surface area contributed by atoms with E-state index in [4.69, 9.17) is 4.42 Å². The van der Waals surface area contributed by atoms with E-state index in [9.17, 15) is 24.0 Å². The van der Waals surface area contributed by atoms with Crippen LogP contribution in [0.25, 0.3) is 11.0 Å². The Balaban J connectivity index is 1.23. The lowest BCUT2D eigenvalue weighted by molar-refractivity contribution is -0.141. The first-order chi connectivity index (χ1) is 18.3. The number of hydrogen-bond acceptors (Lipinski definition) is 6. The molecule has 0 bridgehead atoms. The smallest absolute Gasteiger partial charge is 0.290 e. The van der Waals surface area contributed by atoms with Crippen LogP contribution in [0.1, 0.15) is 61.9 Å². The zero-order valence-corrected chi connectivity index (χ0v) is 21.2. The lowest BCUT2D eigenvalue weighted by atomic mass is 9.86. The van der Waals surface area contributed by atoms with E-state index in [-0.39, 0.29) is 35.5 Å². The van der Waals surface area contributed by atoms with Crippen LogP contribution < -0.4 is 16.0 Å². The molecule has 2 saturated heterocycles. The molecule has 2 aliphatic heterocycles. The number of carbonyl (C=O) groups is 5. The van der Waals surface area contributed by atoms with Gasteiger partial charge in [0.2, 0.25) is 17.6 Å². The highest BCUT2D eigenvalue weighted by atomic mass is 16.3. The molecule has 38 heavy (non-hydrogen) atoms. The van der Waals surface area contributed by atoms with Crippen LogP contribution in [-0.2, 0) is 19.2 Å². The van der Waals surface area contributed by atoms with Crippen LogP contribution in [0, 0.1) is 11.3 Å². The summed E-state index contributed by atoms with van der Waals surface area (Å²) in [5, 5.41) is 9.02. The molecule has 1 spiro atoms. The summed E-state index contributed by atoms with van der Waals surface area (Å²) >= 11 is 0. The van der Waals surface area contributed by atoms with Gasteiger partial charge in [0, 0.05) is 30.4 Å². The molecule has 10 nitrogen and oxygen atoms in total. The maximum absolute atomic E-state index is 13.7. The number of piperidine rings is 1. The molecule has 4 fully saturated rings. The Kier molecular flexibility index (Phi) is 6.20. The minimum Gasteiger partial charge on any atom is -0.451 e. The predicted molar refractivity (Wildman–Crippen MR) is 136 cm³/mol. The van der Waals surface area contributed by atoms with E-state index < -0.39 is 35.6 Å². The maximum Gasteiger partial charge on any atom is 0.290 e. The van der Waals surface area contributed by atoms with Gasteiger partial charge >= 0.3 is 0 Å². The van der Waals surface area contributed by atoms with Crippen molar-refractivity contribution < 1.29 is 28.4 Å². The topological polar surface area (TPSA) is 138 Å². The van der Waals surface area contributed by atoms with E-state index in [0.717, 1.165) is 37.5 Å². The molecule has 3 atom stereocenters. The first-order valence-corrected chi connectivity index (χ1v) is 13.5. The summed E-state index contributed by atoms with van der Waals surface area (Å²) in [7, 11) is 0. The van der Waals surface area contributed by atoms with Crippen LogP contribution in [0.5, 0.6) is 0 Å². The van der Waals surface area contributed by atoms with Gasteiger partial charge in [-0.25, -0.2) is 0 Å². The number of likely N-dealkylation sites (tertiary alicyclic amines) is 1. The van der Waals surface area contributed by atoms with Crippen LogP contribution in [0.15, 0.2) is 34.7 Å². The van der Waals surface area contributed by atoms with Gasteiger partial charge in [0.1, 0.15) is 11.6 Å². The molecule has 2 saturated carbocycles. The number of hydrogen-bond donors (Lipinski definition) is 3. The Hall–Kier alpha value is -3.69. The lowest BCUT2D eigenvalue weighted by Gasteiger charge is -2.39. The second-order valence-electron chi connectivity index (χ2n) is 11.3. The van der Waals surface area contributed by atoms with Crippen molar-refractivity contribution in [1.29, 1.82) is 0 Å². The summed E-state index contributed by atoms with van der Waals surface area (Å²) in [5.41, 5.74) is 0.621. The van der Waals surface area contributed by atoms with Crippen LogP contribution in [0.3, 0.4) is 0 Å². The molecule has 4 aliphatic rings. The summed E-state index contributed by atoms with van der Waals surface area (Å²) in [6.45, 7) is 0.900. The summed E-state index contributed by atoms with van der Waals surface area (Å²) in [6, 6.07) is 7.06. The number of ketones is 1. The number of benzene rings is 1. The van der Waals surface area contributed by atoms with E-state index in [1.165, 1.54) is 4.90 Å². The zero-order chi connectivity index (χ0) is 26.4. The van der Waals surface area contributed by atoms with E-state index >= 15 is 0 Å². The van der Waals surface area contributed by atoms with Gasteiger partial charge in [-0.3, -0.25) is 24.0 Å². The number of carbonyl (C=O) groups excluding carboxylic acids is 5. The molecular weight excluding hydrogens is 488 g/mol. The molecular formula is C28H32N4O6. The summed E-state index contributed by atoms with van der Waals surface area (Å²) in [4.78, 5) is 66.8. The highest BCUT2D eigenvalue weighted by molar-refractivity contribution is 6.38. The summed E-state index contributed by atoms with van der Waals surface area (Å²) in [6.07, 6.45) is 5.51. The van der Waals surface area contributed by atoms with E-state index in [2.05, 4.69) is 16.0 Å². The number of nitrogens with zero attached hydrogens (tertiary/aromatic N) is 1. The average Bonchev–Trinajstić information content (AvgIpc) is 3.80. The van der Waals surface area contributed by atoms with Crippen molar-refractivity contribution in [1.82, 2.24) is 20.9 Å². The predicted octanol–water partition coefficient (Wildman–Crippen LogP) is 1.68. The Morgan fingerprint density at radius 3 is 2.58 bits per heavy atom. The minimum absolute atomic E-state index is 0.0115. The van der Waals surface area contributed by atoms with E-state index in [1.807, 2.05) is 18.2 Å². The molecule has 1 aromatic carbocycles. The largest absolute Gasteiger partial charge is 0.451 e. The molecule has 10 heteroatoms. The molecule has 1 aromatic heterocycles. The molecule has 6 rings (SSSR count). The SMILES string of the molecule is O=C(NC1CC1)C(=O)C(CC1CCNC1=O)NC(=O)C1CC2(CCN1C(=O)c1cc3ccccc3o1)CC2. The first kappa shape index (κ1) is 24.6. The molecule has 200 valence electrons. The number of rotatable bonds is 8. The van der Waals surface area contributed by atoms with Gasteiger partial charge in [-0.2, -0.15) is 0 Å². The Labute approximate surface area is 219 Å². The number of Topliss-reactive ketones (excluding diaryl/α,β-unsaturated/α-hetero) is 1. The fourth-order valence-corrected chi connectivity index (χ4v) is 5.77. The Morgan fingerprint density at radius 2 is 1.89 bits per heavy atom. The first-order valence-electron chi connectivity index (χ1n) is 13.5. The highest BCUT2D eigenvalue weighted by Gasteiger charge is 2.52. The normalized spacial score (nSPS) is 24.6. The van der Waals surface area contributed by atoms with Crippen molar-refractivity contribution in [2.75, 3.05) is 13.1 Å². The van der Waals surface area contributed by atoms with Crippen molar-refractivity contribution in [3.05, 3.63) is 36.1 Å². The number of amides is 4. The molecule has 3 heterocycles. The molecule has 2 aliphatic carbocycles. The second kappa shape index (κ2) is 9.56. The standard InChI is InChI=1S/C28H32N4O6/c33-23(26(36)30-18-5-6-18)19(13-17-7-11-29-24(17)34)31-25(35)20-15-28(8-9-28)10-12-32(20)27(37)22-14-16-3-1-2-4-21(16)38-22/h1-4,14,17-20H,5-13,15H2,(H,29,34)(H,30,36)(H,31,35). The average molecular weight is 521 g/mol. The van der Waals surface area contributed by atoms with Gasteiger partial charge in [-0.05, 0) is 68.9 Å². The van der Waals surface area contributed by atoms with Gasteiger partial charge in [-0.1, -0.05) is 18.2 Å². The molecule has 0 radical (unpaired) electrons. The van der Waals surface area contributed by atoms with Crippen molar-refractivity contribution >= 4 is 40.4 Å². The third-order valence-corrected chi connectivity index (χ3v) is 8.49. The van der Waals surface area contributed by atoms with E-state index in [0.29, 0.717) is 31.5 Å². The molecule has 4 amide bonds. The van der Waals surface area contributed by atoms with Gasteiger partial charge < -0.3 is 25.3 Å². The number of fused-ring (bicyclic) bond motifs is 1. The van der Waals surface area contributed by atoms with E-state index in [1.54, 1.807) is 12.1 Å². The second-order valence-corrected chi connectivity index (χ2v) is 11.3. The number of furan rings is 1. The van der Waals surface area contributed by atoms with Crippen molar-refractivity contribution in [3.8, 4) is 0 Å². The molecule has 3 N–H and O–H groups in total. The van der Waals surface area contributed by atoms with Crippen molar-refractivity contribution in [3.63, 3.8) is 0 Å². The van der Waals surface area contributed by atoms with Crippen molar-refractivity contribution in [2.24, 2.45) is 11.3 Å². The summed E-state index contributed by atoms with van der Waals surface area (Å²) < 4.78 is 5.80. The highest BCUT2D eigenvalue weighted by Crippen LogP contribution is 2.55. The molecule has 3 unspecified atom stereocenters. The molecule has 2 aromatic rings. The Bertz CT molecular complexity index is 1280. The fourth-order valence-electron chi connectivity index (χ4n) is 5.77. The number of nitrogens with one attached hydrogen (secondary N) is 3. The third kappa shape index (κ3) is 4.91. The van der Waals surface area contributed by atoms with Crippen LogP contribution >= 0.6 is 0 Å². The quantitative estimate of drug-likeness (QED) is 0.453. The van der Waals surface area contributed by atoms with Crippen LogP contribution in [0.2, 0.25) is 0 Å². The van der Waals surface area contributed by atoms with Gasteiger partial charge in [-0.15, -0.1) is 0 Å². The Morgan fingerprint density at radius 1 is 1.11 bits per heavy atom. The van der Waals surface area contributed by atoms with Gasteiger partial charge in [0.15, 0.2) is 5.76 Å². The zero-order valence-electron chi connectivity index (χ0n) is 21.2. The number of para-hydroxylation sites is 1. The van der Waals surface area contributed by atoms with Gasteiger partial charge in [0.25, 0.3) is 11.8 Å². The fraction of sp³-hybridized carbons (Fsp3) is 0.536.